The van der Waals surface area contributed by atoms with E-state index >= 15 is 0 Å². The molecule has 0 aromatic heterocycles. The van der Waals surface area contributed by atoms with Gasteiger partial charge < -0.3 is 4.90 Å². The molecule has 0 spiro atoms. The average molecular weight is 369 g/mol. The summed E-state index contributed by atoms with van der Waals surface area (Å²) in [5.41, 5.74) is 6.93. The molecule has 140 valence electrons. The van der Waals surface area contributed by atoms with Crippen LogP contribution < -0.4 is 10.9 Å². The van der Waals surface area contributed by atoms with Crippen molar-refractivity contribution in [2.24, 2.45) is 0 Å². The summed E-state index contributed by atoms with van der Waals surface area (Å²) in [7, 11) is 0. The third-order valence-corrected chi connectivity index (χ3v) is 4.45. The number of hydrogen-bond acceptors (Lipinski definition) is 3. The zero-order valence-corrected chi connectivity index (χ0v) is 14.7. The van der Waals surface area contributed by atoms with Gasteiger partial charge in [-0.05, 0) is 35.7 Å². The van der Waals surface area contributed by atoms with Crippen LogP contribution in [0.4, 0.5) is 4.39 Å². The zero-order chi connectivity index (χ0) is 19.2. The highest BCUT2D eigenvalue weighted by atomic mass is 19.1. The normalized spacial score (nSPS) is 12.9. The van der Waals surface area contributed by atoms with E-state index in [4.69, 9.17) is 0 Å². The van der Waals surface area contributed by atoms with Crippen LogP contribution in [0, 0.1) is 5.82 Å². The molecule has 2 aromatic carbocycles. The van der Waals surface area contributed by atoms with E-state index in [2.05, 4.69) is 16.9 Å². The second-order valence-electron chi connectivity index (χ2n) is 6.35. The number of nitrogens with zero attached hydrogens (tertiary/aromatic N) is 1. The van der Waals surface area contributed by atoms with Gasteiger partial charge in [-0.3, -0.25) is 25.2 Å². The second kappa shape index (κ2) is 8.44. The molecular weight excluding hydrogens is 349 g/mol. The highest BCUT2D eigenvalue weighted by molar-refractivity contribution is 5.95. The number of nitrogens with one attached hydrogen (secondary N) is 2. The Bertz CT molecular complexity index is 869. The van der Waals surface area contributed by atoms with Gasteiger partial charge in [0.05, 0.1) is 0 Å². The first-order chi connectivity index (χ1) is 13.0. The Hall–Kier alpha value is -3.22. The van der Waals surface area contributed by atoms with Gasteiger partial charge in [-0.1, -0.05) is 30.3 Å². The molecule has 1 aliphatic rings. The number of rotatable bonds is 4. The van der Waals surface area contributed by atoms with Crippen molar-refractivity contribution in [3.8, 4) is 0 Å². The first-order valence-electron chi connectivity index (χ1n) is 8.72. The van der Waals surface area contributed by atoms with Crippen molar-refractivity contribution in [3.63, 3.8) is 0 Å². The van der Waals surface area contributed by atoms with Crippen molar-refractivity contribution in [1.29, 1.82) is 0 Å². The maximum Gasteiger partial charge on any atom is 0.269 e. The summed E-state index contributed by atoms with van der Waals surface area (Å²) in [6, 6.07) is 13.1. The molecule has 0 unspecified atom stereocenters. The molecule has 0 atom stereocenters. The van der Waals surface area contributed by atoms with E-state index in [1.165, 1.54) is 23.8 Å². The Morgan fingerprint density at radius 2 is 1.74 bits per heavy atom. The predicted octanol–water partition coefficient (Wildman–Crippen LogP) is 1.95. The molecule has 7 heteroatoms. The topological polar surface area (TPSA) is 78.5 Å². The molecule has 0 fully saturated rings. The van der Waals surface area contributed by atoms with Crippen molar-refractivity contribution < 1.29 is 18.8 Å². The van der Waals surface area contributed by atoms with Gasteiger partial charge in [0.25, 0.3) is 5.91 Å². The molecular formula is C20H20FN3O3. The number of benzene rings is 2. The van der Waals surface area contributed by atoms with Crippen molar-refractivity contribution in [2.75, 3.05) is 6.54 Å². The lowest BCUT2D eigenvalue weighted by molar-refractivity contribution is -0.134. The fourth-order valence-electron chi connectivity index (χ4n) is 2.98. The molecule has 1 heterocycles. The SMILES string of the molecule is O=C(CCC(=O)N1CCc2ccccc2C1)NNC(=O)c1cccc(F)c1. The van der Waals surface area contributed by atoms with E-state index in [0.717, 1.165) is 18.1 Å². The first kappa shape index (κ1) is 18.6. The molecule has 2 aromatic rings. The predicted molar refractivity (Wildman–Crippen MR) is 96.8 cm³/mol. The molecule has 3 rings (SSSR count). The largest absolute Gasteiger partial charge is 0.338 e. The molecule has 27 heavy (non-hydrogen) atoms. The van der Waals surface area contributed by atoms with Crippen molar-refractivity contribution in [3.05, 3.63) is 71.0 Å². The average Bonchev–Trinajstić information content (AvgIpc) is 2.69. The minimum atomic E-state index is -0.623. The fourth-order valence-corrected chi connectivity index (χ4v) is 2.98. The Kier molecular flexibility index (Phi) is 5.80. The Labute approximate surface area is 156 Å². The van der Waals surface area contributed by atoms with Crippen LogP contribution in [-0.2, 0) is 22.6 Å². The molecule has 0 bridgehead atoms. The van der Waals surface area contributed by atoms with Crippen LogP contribution in [0.15, 0.2) is 48.5 Å². The standard InChI is InChI=1S/C20H20FN3O3/c21-17-7-3-6-15(12-17)20(27)23-22-18(25)8-9-19(26)24-11-10-14-4-1-2-5-16(14)13-24/h1-7,12H,8-11,13H2,(H,22,25)(H,23,27). The highest BCUT2D eigenvalue weighted by Gasteiger charge is 2.20. The molecule has 0 saturated heterocycles. The smallest absolute Gasteiger partial charge is 0.269 e. The third kappa shape index (κ3) is 4.91. The summed E-state index contributed by atoms with van der Waals surface area (Å²) in [5.74, 6) is -1.74. The molecule has 3 amide bonds. The lowest BCUT2D eigenvalue weighted by Crippen LogP contribution is -2.42. The van der Waals surface area contributed by atoms with Crippen LogP contribution in [0.2, 0.25) is 0 Å². The monoisotopic (exact) mass is 369 g/mol. The minimum Gasteiger partial charge on any atom is -0.338 e. The first-order valence-corrected chi connectivity index (χ1v) is 8.72. The maximum absolute atomic E-state index is 13.1. The number of carbonyl (C=O) groups excluding carboxylic acids is 3. The highest BCUT2D eigenvalue weighted by Crippen LogP contribution is 2.19. The summed E-state index contributed by atoms with van der Waals surface area (Å²) >= 11 is 0. The van der Waals surface area contributed by atoms with Crippen LogP contribution in [0.1, 0.15) is 34.3 Å². The Balaban J connectivity index is 1.43. The van der Waals surface area contributed by atoms with Gasteiger partial charge in [0.15, 0.2) is 0 Å². The van der Waals surface area contributed by atoms with E-state index < -0.39 is 17.6 Å². The van der Waals surface area contributed by atoms with Gasteiger partial charge in [-0.15, -0.1) is 0 Å². The molecule has 6 nitrogen and oxygen atoms in total. The molecule has 0 radical (unpaired) electrons. The summed E-state index contributed by atoms with van der Waals surface area (Å²) < 4.78 is 13.1. The Morgan fingerprint density at radius 1 is 0.963 bits per heavy atom. The lowest BCUT2D eigenvalue weighted by Gasteiger charge is -2.28. The van der Waals surface area contributed by atoms with Gasteiger partial charge in [0, 0.05) is 31.5 Å². The van der Waals surface area contributed by atoms with Crippen LogP contribution >= 0.6 is 0 Å². The third-order valence-electron chi connectivity index (χ3n) is 4.45. The number of hydrogen-bond donors (Lipinski definition) is 2. The van der Waals surface area contributed by atoms with Gasteiger partial charge in [0.1, 0.15) is 5.82 Å². The van der Waals surface area contributed by atoms with Crippen LogP contribution in [-0.4, -0.2) is 29.2 Å². The van der Waals surface area contributed by atoms with Gasteiger partial charge in [-0.2, -0.15) is 0 Å². The van der Waals surface area contributed by atoms with Gasteiger partial charge >= 0.3 is 0 Å². The number of carbonyl (C=O) groups is 3. The number of halogens is 1. The summed E-state index contributed by atoms with van der Waals surface area (Å²) in [5, 5.41) is 0. The van der Waals surface area contributed by atoms with Gasteiger partial charge in [0.2, 0.25) is 11.8 Å². The minimum absolute atomic E-state index is 0.0413. The molecule has 0 aliphatic carbocycles. The van der Waals surface area contributed by atoms with Crippen molar-refractivity contribution in [1.82, 2.24) is 15.8 Å². The number of amides is 3. The summed E-state index contributed by atoms with van der Waals surface area (Å²) in [4.78, 5) is 37.8. The van der Waals surface area contributed by atoms with E-state index in [1.807, 2.05) is 18.2 Å². The van der Waals surface area contributed by atoms with E-state index in [9.17, 15) is 18.8 Å². The van der Waals surface area contributed by atoms with Crippen LogP contribution in [0.5, 0.6) is 0 Å². The van der Waals surface area contributed by atoms with Crippen molar-refractivity contribution in [2.45, 2.75) is 25.8 Å². The second-order valence-corrected chi connectivity index (χ2v) is 6.35. The van der Waals surface area contributed by atoms with Crippen molar-refractivity contribution >= 4 is 17.7 Å². The molecule has 0 saturated carbocycles. The lowest BCUT2D eigenvalue weighted by atomic mass is 9.99. The summed E-state index contributed by atoms with van der Waals surface area (Å²) in [6.07, 6.45) is 0.821. The fraction of sp³-hybridized carbons (Fsp3) is 0.250. The maximum atomic E-state index is 13.1. The van der Waals surface area contributed by atoms with Gasteiger partial charge in [-0.25, -0.2) is 4.39 Å². The zero-order valence-electron chi connectivity index (χ0n) is 14.7. The number of fused-ring (bicyclic) bond motifs is 1. The number of hydrazine groups is 1. The van der Waals surface area contributed by atoms with Crippen LogP contribution in [0.3, 0.4) is 0 Å². The summed E-state index contributed by atoms with van der Waals surface area (Å²) in [6.45, 7) is 1.18. The molecule has 1 aliphatic heterocycles. The van der Waals surface area contributed by atoms with Crippen LogP contribution in [0.25, 0.3) is 0 Å². The molecule has 2 N–H and O–H groups in total. The Morgan fingerprint density at radius 3 is 2.52 bits per heavy atom. The van der Waals surface area contributed by atoms with E-state index in [1.54, 1.807) is 4.90 Å². The van der Waals surface area contributed by atoms with E-state index in [-0.39, 0.29) is 24.3 Å². The quantitative estimate of drug-likeness (QED) is 0.809. The van der Waals surface area contributed by atoms with E-state index in [0.29, 0.717) is 13.1 Å².